The summed E-state index contributed by atoms with van der Waals surface area (Å²) >= 11 is 1.99. The van der Waals surface area contributed by atoms with Crippen LogP contribution in [0.25, 0.3) is 0 Å². The van der Waals surface area contributed by atoms with Crippen molar-refractivity contribution in [3.05, 3.63) is 46.7 Å². The van der Waals surface area contributed by atoms with Crippen LogP contribution in [-0.4, -0.2) is 24.2 Å². The minimum atomic E-state index is -2.49. The molecule has 0 spiro atoms. The van der Waals surface area contributed by atoms with Crippen LogP contribution in [0.2, 0.25) is 0 Å². The molecule has 0 fully saturated rings. The molecule has 0 saturated carbocycles. The molecule has 1 heterocycles. The highest BCUT2D eigenvalue weighted by Crippen LogP contribution is 2.26. The summed E-state index contributed by atoms with van der Waals surface area (Å²) in [5.41, 5.74) is 1.51. The van der Waals surface area contributed by atoms with Gasteiger partial charge in [-0.2, -0.15) is 20.1 Å². The Morgan fingerprint density at radius 1 is 1.21 bits per heavy atom. The summed E-state index contributed by atoms with van der Waals surface area (Å²) in [5.74, 6) is -3.41. The molecule has 0 unspecified atom stereocenters. The van der Waals surface area contributed by atoms with Gasteiger partial charge in [0.15, 0.2) is 6.61 Å². The van der Waals surface area contributed by atoms with Gasteiger partial charge in [0.2, 0.25) is 0 Å². The minimum absolute atomic E-state index is 0.212. The van der Waals surface area contributed by atoms with Crippen LogP contribution < -0.4 is 5.32 Å². The molecule has 4 nitrogen and oxygen atoms in total. The zero-order valence-corrected chi connectivity index (χ0v) is 14.2. The Bertz CT molecular complexity index is 660. The van der Waals surface area contributed by atoms with Crippen molar-refractivity contribution in [3.8, 4) is 0 Å². The number of thioether (sulfide) groups is 1. The first-order chi connectivity index (χ1) is 11.5. The van der Waals surface area contributed by atoms with E-state index in [9.17, 15) is 18.4 Å². The van der Waals surface area contributed by atoms with Crippen molar-refractivity contribution in [1.82, 2.24) is 0 Å². The highest BCUT2D eigenvalue weighted by molar-refractivity contribution is 7.99. The number of nitrogens with one attached hydrogen (secondary N) is 1. The second kappa shape index (κ2) is 9.39. The van der Waals surface area contributed by atoms with E-state index in [0.29, 0.717) is 28.8 Å². The number of alkyl halides is 2. The molecule has 1 amide bonds. The monoisotopic (exact) mass is 371 g/mol. The molecule has 128 valence electrons. The van der Waals surface area contributed by atoms with Gasteiger partial charge < -0.3 is 10.1 Å². The molecule has 0 saturated heterocycles. The van der Waals surface area contributed by atoms with Crippen molar-refractivity contribution in [2.24, 2.45) is 0 Å². The number of carbonyl (C=O) groups excluding carboxylic acids is 2. The maximum atomic E-state index is 12.2. The van der Waals surface area contributed by atoms with Crippen molar-refractivity contribution in [2.45, 2.75) is 23.5 Å². The molecule has 1 N–H and O–H groups in total. The highest BCUT2D eigenvalue weighted by atomic mass is 32.2. The Morgan fingerprint density at radius 2 is 1.96 bits per heavy atom. The summed E-state index contributed by atoms with van der Waals surface area (Å²) in [6.07, 6.45) is 0.788. The van der Waals surface area contributed by atoms with E-state index in [1.165, 1.54) is 24.3 Å². The van der Waals surface area contributed by atoms with Crippen LogP contribution in [0.4, 0.5) is 14.5 Å². The van der Waals surface area contributed by atoms with E-state index in [1.807, 2.05) is 16.8 Å². The largest absolute Gasteiger partial charge is 0.456 e. The van der Waals surface area contributed by atoms with E-state index < -0.39 is 17.6 Å². The summed E-state index contributed by atoms with van der Waals surface area (Å²) in [5, 5.41) is 6.42. The molecular weight excluding hydrogens is 356 g/mol. The van der Waals surface area contributed by atoms with E-state index in [4.69, 9.17) is 4.74 Å². The standard InChI is InChI=1S/C16H15F2NO3S2/c17-16(18)24-13-4-2-12(3-5-13)19-14(20)9-22-15(21)6-1-11-7-8-23-10-11/h2-5,7-8,10,16H,1,6,9H2,(H,19,20). The second-order valence-corrected chi connectivity index (χ2v) is 6.59. The van der Waals surface area contributed by atoms with Gasteiger partial charge in [0.05, 0.1) is 0 Å². The van der Waals surface area contributed by atoms with Crippen molar-refractivity contribution < 1.29 is 23.1 Å². The Labute approximate surface area is 146 Å². The van der Waals surface area contributed by atoms with E-state index >= 15 is 0 Å². The van der Waals surface area contributed by atoms with Crippen LogP contribution in [0, 0.1) is 0 Å². The second-order valence-electron chi connectivity index (χ2n) is 4.74. The maximum Gasteiger partial charge on any atom is 0.306 e. The highest BCUT2D eigenvalue weighted by Gasteiger charge is 2.09. The van der Waals surface area contributed by atoms with Crippen LogP contribution in [0.15, 0.2) is 46.0 Å². The number of hydrogen-bond acceptors (Lipinski definition) is 5. The molecule has 0 atom stereocenters. The summed E-state index contributed by atoms with van der Waals surface area (Å²) in [4.78, 5) is 23.7. The molecule has 0 aliphatic carbocycles. The average molecular weight is 371 g/mol. The lowest BCUT2D eigenvalue weighted by Crippen LogP contribution is -2.21. The number of hydrogen-bond donors (Lipinski definition) is 1. The first-order valence-corrected chi connectivity index (χ1v) is 8.86. The number of esters is 1. The van der Waals surface area contributed by atoms with Crippen molar-refractivity contribution >= 4 is 40.7 Å². The third-order valence-electron chi connectivity index (χ3n) is 2.93. The fraction of sp³-hybridized carbons (Fsp3) is 0.250. The number of anilines is 1. The Balaban J connectivity index is 1.69. The van der Waals surface area contributed by atoms with E-state index in [2.05, 4.69) is 5.32 Å². The molecule has 2 rings (SSSR count). The number of halogens is 2. The van der Waals surface area contributed by atoms with Gasteiger partial charge in [-0.1, -0.05) is 11.8 Å². The molecule has 2 aromatic rings. The molecule has 24 heavy (non-hydrogen) atoms. The van der Waals surface area contributed by atoms with Gasteiger partial charge in [0, 0.05) is 17.0 Å². The number of ether oxygens (including phenoxy) is 1. The molecule has 1 aromatic carbocycles. The number of carbonyl (C=O) groups is 2. The summed E-state index contributed by atoms with van der Waals surface area (Å²) in [6.45, 7) is -0.379. The van der Waals surface area contributed by atoms with Crippen molar-refractivity contribution in [1.29, 1.82) is 0 Å². The molecule has 0 aliphatic heterocycles. The predicted molar refractivity (Wildman–Crippen MR) is 90.5 cm³/mol. The minimum Gasteiger partial charge on any atom is -0.456 e. The molecule has 0 radical (unpaired) electrons. The van der Waals surface area contributed by atoms with Crippen molar-refractivity contribution in [3.63, 3.8) is 0 Å². The predicted octanol–water partition coefficient (Wildman–Crippen LogP) is 4.18. The fourth-order valence-corrected chi connectivity index (χ4v) is 3.02. The lowest BCUT2D eigenvalue weighted by atomic mass is 10.2. The van der Waals surface area contributed by atoms with Gasteiger partial charge in [0.25, 0.3) is 11.7 Å². The van der Waals surface area contributed by atoms with Gasteiger partial charge in [-0.15, -0.1) is 0 Å². The molecule has 1 aromatic heterocycles. The number of benzene rings is 1. The number of rotatable bonds is 8. The maximum absolute atomic E-state index is 12.2. The van der Waals surface area contributed by atoms with Crippen LogP contribution in [0.5, 0.6) is 0 Å². The number of amides is 1. The lowest BCUT2D eigenvalue weighted by Gasteiger charge is -2.07. The van der Waals surface area contributed by atoms with Crippen LogP contribution in [0.1, 0.15) is 12.0 Å². The number of aryl methyl sites for hydroxylation is 1. The van der Waals surface area contributed by atoms with Gasteiger partial charge in [-0.3, -0.25) is 9.59 Å². The normalized spacial score (nSPS) is 10.6. The zero-order valence-electron chi connectivity index (χ0n) is 12.5. The van der Waals surface area contributed by atoms with E-state index in [-0.39, 0.29) is 13.0 Å². The fourth-order valence-electron chi connectivity index (χ4n) is 1.82. The first-order valence-electron chi connectivity index (χ1n) is 7.04. The SMILES string of the molecule is O=C(COC(=O)CCc1ccsc1)Nc1ccc(SC(F)F)cc1. The Kier molecular flexibility index (Phi) is 7.20. The smallest absolute Gasteiger partial charge is 0.306 e. The average Bonchev–Trinajstić information content (AvgIpc) is 3.06. The third-order valence-corrected chi connectivity index (χ3v) is 4.38. The molecule has 8 heteroatoms. The van der Waals surface area contributed by atoms with Crippen LogP contribution in [0.3, 0.4) is 0 Å². The Hall–Kier alpha value is -1.93. The summed E-state index contributed by atoms with van der Waals surface area (Å²) in [7, 11) is 0. The van der Waals surface area contributed by atoms with Gasteiger partial charge >= 0.3 is 5.97 Å². The zero-order chi connectivity index (χ0) is 17.4. The molecular formula is C16H15F2NO3S2. The molecule has 0 bridgehead atoms. The van der Waals surface area contributed by atoms with Crippen LogP contribution >= 0.6 is 23.1 Å². The van der Waals surface area contributed by atoms with Crippen LogP contribution in [-0.2, 0) is 20.7 Å². The lowest BCUT2D eigenvalue weighted by molar-refractivity contribution is -0.147. The van der Waals surface area contributed by atoms with E-state index in [0.717, 1.165) is 5.56 Å². The Morgan fingerprint density at radius 3 is 2.58 bits per heavy atom. The first kappa shape index (κ1) is 18.4. The quantitative estimate of drug-likeness (QED) is 0.559. The van der Waals surface area contributed by atoms with E-state index in [1.54, 1.807) is 11.3 Å². The third kappa shape index (κ3) is 6.67. The molecule has 0 aliphatic rings. The van der Waals surface area contributed by atoms with Gasteiger partial charge in [-0.05, 0) is 53.1 Å². The van der Waals surface area contributed by atoms with Gasteiger partial charge in [0.1, 0.15) is 0 Å². The summed E-state index contributed by atoms with van der Waals surface area (Å²) < 4.78 is 29.3. The van der Waals surface area contributed by atoms with Gasteiger partial charge in [-0.25, -0.2) is 0 Å². The summed E-state index contributed by atoms with van der Waals surface area (Å²) in [6, 6.07) is 7.93. The number of thiophene rings is 1. The topological polar surface area (TPSA) is 55.4 Å². The van der Waals surface area contributed by atoms with Crippen molar-refractivity contribution in [2.75, 3.05) is 11.9 Å².